The molecule has 2 amide bonds. The molecule has 0 saturated carbocycles. The Kier molecular flexibility index (Phi) is 9.57. The SMILES string of the molecule is CCn1nc(C)cc1Nc1nc2cc(C(=O)NCCN)cc(OC)c2n1CCCNC(=O)OCc1ccccc1. The smallest absolute Gasteiger partial charge is 0.407 e. The second-order valence-corrected chi connectivity index (χ2v) is 9.13. The Morgan fingerprint density at radius 3 is 2.60 bits per heavy atom. The molecule has 5 N–H and O–H groups in total. The van der Waals surface area contributed by atoms with Crippen LogP contribution in [-0.4, -0.2) is 58.1 Å². The average molecular weight is 549 g/mol. The number of alkyl carbamates (subject to hydrolysis) is 1. The molecule has 0 aliphatic carbocycles. The molecule has 4 rings (SSSR count). The van der Waals surface area contributed by atoms with Crippen LogP contribution in [-0.2, 0) is 24.4 Å². The maximum absolute atomic E-state index is 12.7. The molecular formula is C28H36N8O4. The van der Waals surface area contributed by atoms with E-state index in [-0.39, 0.29) is 12.5 Å². The number of hydrogen-bond donors (Lipinski definition) is 4. The fourth-order valence-electron chi connectivity index (χ4n) is 4.32. The minimum absolute atomic E-state index is 0.204. The van der Waals surface area contributed by atoms with Gasteiger partial charge in [0.05, 0.1) is 18.3 Å². The number of imidazole rings is 1. The van der Waals surface area contributed by atoms with Gasteiger partial charge < -0.3 is 35.7 Å². The van der Waals surface area contributed by atoms with E-state index in [0.717, 1.165) is 22.6 Å². The highest BCUT2D eigenvalue weighted by atomic mass is 16.5. The molecule has 0 spiro atoms. The molecule has 12 heteroatoms. The lowest BCUT2D eigenvalue weighted by Crippen LogP contribution is -2.29. The number of anilines is 2. The normalized spacial score (nSPS) is 10.9. The van der Waals surface area contributed by atoms with Crippen molar-refractivity contribution in [3.05, 3.63) is 65.4 Å². The van der Waals surface area contributed by atoms with E-state index >= 15 is 0 Å². The predicted molar refractivity (Wildman–Crippen MR) is 153 cm³/mol. The first-order chi connectivity index (χ1) is 19.4. The maximum atomic E-state index is 12.7. The summed E-state index contributed by atoms with van der Waals surface area (Å²) in [6.45, 7) is 6.42. The number of amides is 2. The Hall–Kier alpha value is -4.58. The van der Waals surface area contributed by atoms with Gasteiger partial charge in [0.15, 0.2) is 0 Å². The van der Waals surface area contributed by atoms with Crippen LogP contribution in [0.5, 0.6) is 5.75 Å². The van der Waals surface area contributed by atoms with Gasteiger partial charge in [0.1, 0.15) is 23.7 Å². The summed E-state index contributed by atoms with van der Waals surface area (Å²) in [4.78, 5) is 29.7. The van der Waals surface area contributed by atoms with Crippen LogP contribution in [0.3, 0.4) is 0 Å². The van der Waals surface area contributed by atoms with Crippen LogP contribution in [0.4, 0.5) is 16.6 Å². The minimum atomic E-state index is -0.481. The van der Waals surface area contributed by atoms with Crippen LogP contribution < -0.4 is 26.4 Å². The van der Waals surface area contributed by atoms with Crippen molar-refractivity contribution in [1.29, 1.82) is 0 Å². The lowest BCUT2D eigenvalue weighted by atomic mass is 10.1. The van der Waals surface area contributed by atoms with Gasteiger partial charge in [0.2, 0.25) is 5.95 Å². The fourth-order valence-corrected chi connectivity index (χ4v) is 4.32. The largest absolute Gasteiger partial charge is 0.494 e. The fraction of sp³-hybridized carbons (Fsp3) is 0.357. The lowest BCUT2D eigenvalue weighted by Gasteiger charge is -2.14. The Bertz CT molecular complexity index is 1450. The summed E-state index contributed by atoms with van der Waals surface area (Å²) in [6.07, 6.45) is 0.111. The quantitative estimate of drug-likeness (QED) is 0.186. The monoisotopic (exact) mass is 548 g/mol. The van der Waals surface area contributed by atoms with Crippen LogP contribution in [0.15, 0.2) is 48.5 Å². The number of aryl methyl sites for hydroxylation is 3. The summed E-state index contributed by atoms with van der Waals surface area (Å²) in [5.74, 6) is 1.60. The molecule has 0 saturated heterocycles. The van der Waals surface area contributed by atoms with Gasteiger partial charge in [-0.3, -0.25) is 4.79 Å². The summed E-state index contributed by atoms with van der Waals surface area (Å²) in [6, 6.07) is 14.9. The highest BCUT2D eigenvalue weighted by Crippen LogP contribution is 2.32. The molecule has 0 aliphatic heterocycles. The highest BCUT2D eigenvalue weighted by Gasteiger charge is 2.20. The zero-order chi connectivity index (χ0) is 28.5. The molecule has 0 atom stereocenters. The number of nitrogens with one attached hydrogen (secondary N) is 3. The van der Waals surface area contributed by atoms with Crippen LogP contribution in [0.2, 0.25) is 0 Å². The summed E-state index contributed by atoms with van der Waals surface area (Å²) >= 11 is 0. The molecule has 0 unspecified atom stereocenters. The lowest BCUT2D eigenvalue weighted by molar-refractivity contribution is 0.0954. The van der Waals surface area contributed by atoms with E-state index in [1.54, 1.807) is 19.2 Å². The summed E-state index contributed by atoms with van der Waals surface area (Å²) in [7, 11) is 1.56. The zero-order valence-electron chi connectivity index (χ0n) is 23.1. The predicted octanol–water partition coefficient (Wildman–Crippen LogP) is 3.32. The van der Waals surface area contributed by atoms with Crippen molar-refractivity contribution in [3.8, 4) is 5.75 Å². The van der Waals surface area contributed by atoms with Gasteiger partial charge in [-0.15, -0.1) is 0 Å². The zero-order valence-corrected chi connectivity index (χ0v) is 23.1. The number of methoxy groups -OCH3 is 1. The van der Waals surface area contributed by atoms with E-state index in [4.69, 9.17) is 20.2 Å². The van der Waals surface area contributed by atoms with Crippen molar-refractivity contribution in [2.75, 3.05) is 32.1 Å². The van der Waals surface area contributed by atoms with Crippen molar-refractivity contribution in [1.82, 2.24) is 30.0 Å². The van der Waals surface area contributed by atoms with Gasteiger partial charge >= 0.3 is 6.09 Å². The van der Waals surface area contributed by atoms with E-state index in [9.17, 15) is 9.59 Å². The number of nitrogens with two attached hydrogens (primary N) is 1. The van der Waals surface area contributed by atoms with E-state index in [1.165, 1.54) is 0 Å². The third-order valence-corrected chi connectivity index (χ3v) is 6.20. The number of hydrogen-bond acceptors (Lipinski definition) is 8. The van der Waals surface area contributed by atoms with Gasteiger partial charge in [0.25, 0.3) is 5.91 Å². The molecule has 2 aromatic heterocycles. The topological polar surface area (TPSA) is 150 Å². The van der Waals surface area contributed by atoms with E-state index in [0.29, 0.717) is 61.9 Å². The standard InChI is InChI=1S/C28H36N8O4/c1-4-36-24(15-19(2)34-36)33-27-32-22-16-21(26(37)30-13-11-29)17-23(39-3)25(22)35(27)14-8-12-31-28(38)40-18-20-9-6-5-7-10-20/h5-7,9-10,15-17H,4,8,11-14,18,29H2,1-3H3,(H,30,37)(H,31,38)(H,32,33). The molecule has 0 aliphatic rings. The molecule has 40 heavy (non-hydrogen) atoms. The van der Waals surface area contributed by atoms with Crippen molar-refractivity contribution in [2.24, 2.45) is 5.73 Å². The highest BCUT2D eigenvalue weighted by molar-refractivity contribution is 5.99. The first kappa shape index (κ1) is 28.4. The van der Waals surface area contributed by atoms with Crippen LogP contribution >= 0.6 is 0 Å². The molecule has 212 valence electrons. The average Bonchev–Trinajstić information content (AvgIpc) is 3.51. The summed E-state index contributed by atoms with van der Waals surface area (Å²) < 4.78 is 14.8. The van der Waals surface area contributed by atoms with Gasteiger partial charge in [0, 0.05) is 44.4 Å². The second-order valence-electron chi connectivity index (χ2n) is 9.13. The third kappa shape index (κ3) is 6.89. The van der Waals surface area contributed by atoms with Crippen LogP contribution in [0.1, 0.15) is 35.0 Å². The minimum Gasteiger partial charge on any atom is -0.494 e. The molecule has 0 radical (unpaired) electrons. The first-order valence-electron chi connectivity index (χ1n) is 13.3. The second kappa shape index (κ2) is 13.5. The van der Waals surface area contributed by atoms with Crippen molar-refractivity contribution in [3.63, 3.8) is 0 Å². The summed E-state index contributed by atoms with van der Waals surface area (Å²) in [5.41, 5.74) is 9.08. The van der Waals surface area contributed by atoms with Gasteiger partial charge in [-0.2, -0.15) is 5.10 Å². The summed E-state index contributed by atoms with van der Waals surface area (Å²) in [5, 5.41) is 13.5. The van der Waals surface area contributed by atoms with Gasteiger partial charge in [-0.25, -0.2) is 14.5 Å². The maximum Gasteiger partial charge on any atom is 0.407 e. The van der Waals surface area contributed by atoms with E-state index in [1.807, 2.05) is 59.5 Å². The molecule has 0 bridgehead atoms. The first-order valence-corrected chi connectivity index (χ1v) is 13.3. The van der Waals surface area contributed by atoms with Crippen molar-refractivity contribution in [2.45, 2.75) is 40.0 Å². The Morgan fingerprint density at radius 2 is 1.88 bits per heavy atom. The molecule has 4 aromatic rings. The van der Waals surface area contributed by atoms with Gasteiger partial charge in [-0.05, 0) is 38.0 Å². The number of benzene rings is 2. The Labute approximate surface area is 232 Å². The number of fused-ring (bicyclic) bond motifs is 1. The number of aromatic nitrogens is 4. The molecule has 12 nitrogen and oxygen atoms in total. The van der Waals surface area contributed by atoms with E-state index in [2.05, 4.69) is 21.0 Å². The van der Waals surface area contributed by atoms with E-state index < -0.39 is 6.09 Å². The number of rotatable bonds is 13. The van der Waals surface area contributed by atoms with Crippen LogP contribution in [0.25, 0.3) is 11.0 Å². The third-order valence-electron chi connectivity index (χ3n) is 6.20. The Morgan fingerprint density at radius 1 is 1.07 bits per heavy atom. The Balaban J connectivity index is 1.55. The number of ether oxygens (including phenoxy) is 2. The van der Waals surface area contributed by atoms with Crippen molar-refractivity contribution < 1.29 is 19.1 Å². The number of carbonyl (C=O) groups excluding carboxylic acids is 2. The number of nitrogens with zero attached hydrogens (tertiary/aromatic N) is 4. The van der Waals surface area contributed by atoms with Crippen LogP contribution in [0, 0.1) is 6.92 Å². The van der Waals surface area contributed by atoms with Crippen molar-refractivity contribution >= 4 is 34.8 Å². The molecular weight excluding hydrogens is 512 g/mol. The molecule has 0 fully saturated rings. The molecule has 2 heterocycles. The van der Waals surface area contributed by atoms with Gasteiger partial charge in [-0.1, -0.05) is 30.3 Å². The number of carbonyl (C=O) groups is 2. The molecule has 2 aromatic carbocycles.